The summed E-state index contributed by atoms with van der Waals surface area (Å²) < 4.78 is 7.63. The Morgan fingerprint density at radius 1 is 1.17 bits per heavy atom. The average molecular weight is 420 g/mol. The Morgan fingerprint density at radius 2 is 1.87 bits per heavy atom. The summed E-state index contributed by atoms with van der Waals surface area (Å²) in [6.07, 6.45) is 0. The highest BCUT2D eigenvalue weighted by molar-refractivity contribution is 14.1. The van der Waals surface area contributed by atoms with Crippen LogP contribution >= 0.6 is 22.6 Å². The largest absolute Gasteiger partial charge is 0.465 e. The Labute approximate surface area is 148 Å². The van der Waals surface area contributed by atoms with E-state index in [4.69, 9.17) is 4.74 Å². The van der Waals surface area contributed by atoms with Crippen LogP contribution < -0.4 is 0 Å². The number of benzene rings is 2. The maximum absolute atomic E-state index is 11.8. The lowest BCUT2D eigenvalue weighted by Gasteiger charge is -2.06. The van der Waals surface area contributed by atoms with E-state index < -0.39 is 0 Å². The van der Waals surface area contributed by atoms with Crippen molar-refractivity contribution in [3.8, 4) is 11.1 Å². The summed E-state index contributed by atoms with van der Waals surface area (Å²) >= 11 is 2.19. The number of carbonyl (C=O) groups excluding carboxylic acids is 1. The lowest BCUT2D eigenvalue weighted by atomic mass is 10.0. The van der Waals surface area contributed by atoms with Gasteiger partial charge < -0.3 is 4.74 Å². The monoisotopic (exact) mass is 420 g/mol. The van der Waals surface area contributed by atoms with Gasteiger partial charge in [0.15, 0.2) is 0 Å². The topological polar surface area (TPSA) is 44.1 Å². The van der Waals surface area contributed by atoms with Crippen molar-refractivity contribution in [1.29, 1.82) is 0 Å². The molecule has 0 amide bonds. The van der Waals surface area contributed by atoms with Crippen LogP contribution in [0.4, 0.5) is 0 Å². The molecule has 0 radical (unpaired) electrons. The molecule has 23 heavy (non-hydrogen) atoms. The number of hydrogen-bond acceptors (Lipinski definition) is 3. The highest BCUT2D eigenvalue weighted by atomic mass is 127. The fourth-order valence-corrected chi connectivity index (χ4v) is 3.22. The van der Waals surface area contributed by atoms with E-state index in [-0.39, 0.29) is 12.5 Å². The molecule has 2 aromatic carbocycles. The van der Waals surface area contributed by atoms with Crippen molar-refractivity contribution in [3.63, 3.8) is 0 Å². The number of rotatable bonds is 4. The highest BCUT2D eigenvalue weighted by Gasteiger charge is 2.13. The molecule has 0 fully saturated rings. The van der Waals surface area contributed by atoms with Crippen molar-refractivity contribution < 1.29 is 9.53 Å². The summed E-state index contributed by atoms with van der Waals surface area (Å²) in [5.74, 6) is -0.269. The molecule has 0 unspecified atom stereocenters. The summed E-state index contributed by atoms with van der Waals surface area (Å²) in [5.41, 5.74) is 4.44. The molecule has 0 aliphatic rings. The number of carbonyl (C=O) groups is 1. The Kier molecular flexibility index (Phi) is 4.66. The number of esters is 1. The van der Waals surface area contributed by atoms with Crippen molar-refractivity contribution >= 4 is 39.5 Å². The molecule has 0 atom stereocenters. The number of aryl methyl sites for hydroxylation is 1. The smallest absolute Gasteiger partial charge is 0.327 e. The summed E-state index contributed by atoms with van der Waals surface area (Å²) in [6.45, 7) is 4.39. The zero-order valence-corrected chi connectivity index (χ0v) is 15.2. The molecule has 0 saturated heterocycles. The van der Waals surface area contributed by atoms with Crippen molar-refractivity contribution in [2.75, 3.05) is 6.61 Å². The van der Waals surface area contributed by atoms with Crippen LogP contribution in [0, 0.1) is 10.6 Å². The average Bonchev–Trinajstić information content (AvgIpc) is 2.84. The molecule has 0 spiro atoms. The summed E-state index contributed by atoms with van der Waals surface area (Å²) in [6, 6.07) is 14.6. The van der Waals surface area contributed by atoms with Crippen molar-refractivity contribution in [3.05, 3.63) is 51.7 Å². The van der Waals surface area contributed by atoms with Crippen LogP contribution in [0.2, 0.25) is 0 Å². The van der Waals surface area contributed by atoms with Crippen LogP contribution in [-0.2, 0) is 16.1 Å². The van der Waals surface area contributed by atoms with Gasteiger partial charge in [0.1, 0.15) is 10.2 Å². The maximum atomic E-state index is 11.8. The molecule has 1 aromatic heterocycles. The molecule has 1 heterocycles. The van der Waals surface area contributed by atoms with E-state index in [0.717, 1.165) is 25.7 Å². The van der Waals surface area contributed by atoms with Crippen molar-refractivity contribution in [2.45, 2.75) is 20.4 Å². The standard InChI is InChI=1S/C18H17IN2O2/c1-3-23-17(22)11-21-16-10-14(8-9-15(16)18(19)20-21)13-6-4-12(2)5-7-13/h4-10H,3,11H2,1-2H3. The number of fused-ring (bicyclic) bond motifs is 1. The third-order valence-corrected chi connectivity index (χ3v) is 4.47. The van der Waals surface area contributed by atoms with Crippen LogP contribution in [0.3, 0.4) is 0 Å². The third kappa shape index (κ3) is 3.39. The zero-order chi connectivity index (χ0) is 16.4. The van der Waals surface area contributed by atoms with Gasteiger partial charge in [0.2, 0.25) is 0 Å². The molecular formula is C18H17IN2O2. The summed E-state index contributed by atoms with van der Waals surface area (Å²) in [4.78, 5) is 11.8. The normalized spacial score (nSPS) is 10.9. The molecule has 3 rings (SSSR count). The molecule has 3 aromatic rings. The quantitative estimate of drug-likeness (QED) is 0.470. The molecule has 0 aliphatic heterocycles. The van der Waals surface area contributed by atoms with Crippen LogP contribution in [-0.4, -0.2) is 22.4 Å². The van der Waals surface area contributed by atoms with Gasteiger partial charge in [0, 0.05) is 5.39 Å². The van der Waals surface area contributed by atoms with Gasteiger partial charge in [-0.05, 0) is 59.7 Å². The van der Waals surface area contributed by atoms with Crippen molar-refractivity contribution in [1.82, 2.24) is 9.78 Å². The number of ether oxygens (including phenoxy) is 1. The fraction of sp³-hybridized carbons (Fsp3) is 0.222. The van der Waals surface area contributed by atoms with Gasteiger partial charge in [0.25, 0.3) is 0 Å². The lowest BCUT2D eigenvalue weighted by molar-refractivity contribution is -0.143. The van der Waals surface area contributed by atoms with Crippen LogP contribution in [0.25, 0.3) is 22.0 Å². The van der Waals surface area contributed by atoms with Gasteiger partial charge in [-0.1, -0.05) is 35.9 Å². The van der Waals surface area contributed by atoms with Gasteiger partial charge >= 0.3 is 5.97 Å². The predicted molar refractivity (Wildman–Crippen MR) is 99.3 cm³/mol. The number of nitrogens with zero attached hydrogens (tertiary/aromatic N) is 2. The van der Waals surface area contributed by atoms with Crippen LogP contribution in [0.1, 0.15) is 12.5 Å². The first-order valence-electron chi connectivity index (χ1n) is 7.47. The summed E-state index contributed by atoms with van der Waals surface area (Å²) in [5, 5.41) is 5.51. The minimum atomic E-state index is -0.269. The zero-order valence-electron chi connectivity index (χ0n) is 13.0. The van der Waals surface area contributed by atoms with Gasteiger partial charge in [0.05, 0.1) is 12.1 Å². The molecular weight excluding hydrogens is 403 g/mol. The Morgan fingerprint density at radius 3 is 2.57 bits per heavy atom. The minimum Gasteiger partial charge on any atom is -0.465 e. The van der Waals surface area contributed by atoms with E-state index in [0.29, 0.717) is 6.61 Å². The Bertz CT molecular complexity index is 853. The highest BCUT2D eigenvalue weighted by Crippen LogP contribution is 2.27. The second kappa shape index (κ2) is 6.70. The maximum Gasteiger partial charge on any atom is 0.327 e. The van der Waals surface area contributed by atoms with E-state index in [2.05, 4.69) is 77.1 Å². The number of aromatic nitrogens is 2. The van der Waals surface area contributed by atoms with E-state index in [1.165, 1.54) is 5.56 Å². The van der Waals surface area contributed by atoms with E-state index in [1.807, 2.05) is 0 Å². The van der Waals surface area contributed by atoms with Gasteiger partial charge in [-0.15, -0.1) is 0 Å². The molecule has 0 bridgehead atoms. The lowest BCUT2D eigenvalue weighted by Crippen LogP contribution is -2.14. The van der Waals surface area contributed by atoms with Gasteiger partial charge in [-0.25, -0.2) is 0 Å². The molecule has 0 aliphatic carbocycles. The van der Waals surface area contributed by atoms with E-state index in [9.17, 15) is 4.79 Å². The van der Waals surface area contributed by atoms with E-state index in [1.54, 1.807) is 11.6 Å². The van der Waals surface area contributed by atoms with Gasteiger partial charge in [-0.2, -0.15) is 5.10 Å². The Hall–Kier alpha value is -1.89. The minimum absolute atomic E-state index is 0.130. The van der Waals surface area contributed by atoms with Crippen LogP contribution in [0.15, 0.2) is 42.5 Å². The molecule has 0 N–H and O–H groups in total. The van der Waals surface area contributed by atoms with Crippen LogP contribution in [0.5, 0.6) is 0 Å². The van der Waals surface area contributed by atoms with E-state index >= 15 is 0 Å². The third-order valence-electron chi connectivity index (χ3n) is 3.68. The molecule has 0 saturated carbocycles. The first-order valence-corrected chi connectivity index (χ1v) is 8.55. The summed E-state index contributed by atoms with van der Waals surface area (Å²) in [7, 11) is 0. The van der Waals surface area contributed by atoms with Gasteiger partial charge in [-0.3, -0.25) is 9.48 Å². The molecule has 5 heteroatoms. The predicted octanol–water partition coefficient (Wildman–Crippen LogP) is 4.18. The first kappa shape index (κ1) is 16.0. The molecule has 118 valence electrons. The second-order valence-corrected chi connectivity index (χ2v) is 6.37. The number of halogens is 1. The first-order chi connectivity index (χ1) is 11.1. The Balaban J connectivity index is 2.03. The second-order valence-electron chi connectivity index (χ2n) is 5.35. The number of hydrogen-bond donors (Lipinski definition) is 0. The SMILES string of the molecule is CCOC(=O)Cn1nc(I)c2ccc(-c3ccc(C)cc3)cc21. The fourth-order valence-electron chi connectivity index (χ4n) is 2.51. The van der Waals surface area contributed by atoms with Crippen molar-refractivity contribution in [2.24, 2.45) is 0 Å². The molecule has 4 nitrogen and oxygen atoms in total.